The van der Waals surface area contributed by atoms with Crippen LogP contribution in [-0.2, 0) is 4.57 Å². The molecule has 4 nitrogen and oxygen atoms in total. The van der Waals surface area contributed by atoms with Crippen LogP contribution < -0.4 is 0 Å². The zero-order chi connectivity index (χ0) is 15.3. The summed E-state index contributed by atoms with van der Waals surface area (Å²) in [5.41, 5.74) is 0. The van der Waals surface area contributed by atoms with Crippen molar-refractivity contribution in [3.05, 3.63) is 0 Å². The maximum absolute atomic E-state index is 12.8. The smallest absolute Gasteiger partial charge is 0.0901 e. The summed E-state index contributed by atoms with van der Waals surface area (Å²) < 4.78 is 12.8. The van der Waals surface area contributed by atoms with Crippen molar-refractivity contribution in [3.8, 4) is 18.2 Å². The molecule has 0 fully saturated rings. The first kappa shape index (κ1) is 19.1. The largest absolute Gasteiger partial charge is 0.323 e. The minimum absolute atomic E-state index is 0.222. The number of nitriles is 3. The molecule has 0 heterocycles. The van der Waals surface area contributed by atoms with E-state index in [1.165, 1.54) is 0 Å². The van der Waals surface area contributed by atoms with Gasteiger partial charge in [-0.05, 0) is 18.5 Å². The highest BCUT2D eigenvalue weighted by molar-refractivity contribution is 7.65. The maximum atomic E-state index is 12.8. The highest BCUT2D eigenvalue weighted by atomic mass is 31.2. The van der Waals surface area contributed by atoms with E-state index in [0.717, 1.165) is 24.9 Å². The molecule has 1 unspecified atom stereocenters. The molecule has 6 heteroatoms. The zero-order valence-electron chi connectivity index (χ0n) is 12.2. The Morgan fingerprint density at radius 1 is 0.850 bits per heavy atom. The Labute approximate surface area is 123 Å². The van der Waals surface area contributed by atoms with E-state index in [0.29, 0.717) is 37.7 Å². The highest BCUT2D eigenvalue weighted by Crippen LogP contribution is 2.50. The Balaban J connectivity index is 4.47. The van der Waals surface area contributed by atoms with Gasteiger partial charge < -0.3 is 4.57 Å². The van der Waals surface area contributed by atoms with Gasteiger partial charge in [0.05, 0.1) is 25.3 Å². The molecule has 0 aromatic carbocycles. The second kappa shape index (κ2) is 11.9. The molecule has 0 rings (SSSR count). The van der Waals surface area contributed by atoms with Crippen LogP contribution in [0.15, 0.2) is 0 Å². The van der Waals surface area contributed by atoms with E-state index in [-0.39, 0.29) is 7.92 Å². The van der Waals surface area contributed by atoms with Gasteiger partial charge >= 0.3 is 0 Å². The van der Waals surface area contributed by atoms with Crippen LogP contribution in [0.25, 0.3) is 0 Å². The molecule has 110 valence electrons. The van der Waals surface area contributed by atoms with Gasteiger partial charge in [0.1, 0.15) is 0 Å². The van der Waals surface area contributed by atoms with Crippen LogP contribution in [0, 0.1) is 34.0 Å². The first-order chi connectivity index (χ1) is 9.61. The summed E-state index contributed by atoms with van der Waals surface area (Å²) in [6, 6.07) is 6.29. The summed E-state index contributed by atoms with van der Waals surface area (Å²) in [6.45, 7) is 2.13. The first-order valence-corrected chi connectivity index (χ1v) is 11.2. The fourth-order valence-corrected chi connectivity index (χ4v) is 8.02. The first-order valence-electron chi connectivity index (χ1n) is 7.02. The van der Waals surface area contributed by atoms with Gasteiger partial charge in [-0.2, -0.15) is 15.8 Å². The van der Waals surface area contributed by atoms with Crippen molar-refractivity contribution in [1.29, 1.82) is 15.8 Å². The quantitative estimate of drug-likeness (QED) is 0.540. The molecule has 0 spiro atoms. The summed E-state index contributed by atoms with van der Waals surface area (Å²) in [5, 5.41) is 26.0. The second-order valence-electron chi connectivity index (χ2n) is 4.79. The summed E-state index contributed by atoms with van der Waals surface area (Å²) >= 11 is 0. The molecule has 0 aromatic heterocycles. The Bertz CT molecular complexity index is 409. The lowest BCUT2D eigenvalue weighted by Crippen LogP contribution is -2.05. The second-order valence-corrected chi connectivity index (χ2v) is 10.9. The lowest BCUT2D eigenvalue weighted by Gasteiger charge is -2.20. The molecule has 0 bridgehead atoms. The van der Waals surface area contributed by atoms with Gasteiger partial charge in [-0.25, -0.2) is 0 Å². The van der Waals surface area contributed by atoms with Crippen LogP contribution in [0.3, 0.4) is 0 Å². The van der Waals surface area contributed by atoms with Crippen LogP contribution in [0.4, 0.5) is 0 Å². The van der Waals surface area contributed by atoms with Gasteiger partial charge in [0.15, 0.2) is 0 Å². The predicted octanol–water partition coefficient (Wildman–Crippen LogP) is 3.98. The number of rotatable bonds is 11. The minimum atomic E-state index is -2.37. The molecule has 0 amide bonds. The molecule has 0 aliphatic heterocycles. The zero-order valence-corrected chi connectivity index (χ0v) is 14.0. The average Bonchev–Trinajstić information content (AvgIpc) is 2.46. The third-order valence-corrected chi connectivity index (χ3v) is 9.43. The Hall–Kier alpha value is -0.870. The van der Waals surface area contributed by atoms with E-state index < -0.39 is 7.14 Å². The number of hydrogen-bond acceptors (Lipinski definition) is 4. The van der Waals surface area contributed by atoms with Crippen molar-refractivity contribution in [2.24, 2.45) is 0 Å². The monoisotopic (exact) mass is 311 g/mol. The van der Waals surface area contributed by atoms with E-state index in [4.69, 9.17) is 15.8 Å². The summed E-state index contributed by atoms with van der Waals surface area (Å²) in [4.78, 5) is 0. The fraction of sp³-hybridized carbons (Fsp3) is 0.786. The topological polar surface area (TPSA) is 88.4 Å². The Morgan fingerprint density at radius 3 is 1.85 bits per heavy atom. The lowest BCUT2D eigenvalue weighted by atomic mass is 10.5. The van der Waals surface area contributed by atoms with Crippen molar-refractivity contribution in [2.45, 2.75) is 32.6 Å². The normalized spacial score (nSPS) is 12.1. The molecule has 0 N–H and O–H groups in total. The molecule has 0 saturated heterocycles. The molecule has 0 radical (unpaired) electrons. The van der Waals surface area contributed by atoms with Crippen molar-refractivity contribution in [1.82, 2.24) is 0 Å². The molecule has 0 aliphatic rings. The SMILES string of the molecule is CCCP(CCC#N)CCP(=O)(CCC#N)CCC#N. The van der Waals surface area contributed by atoms with Gasteiger partial charge in [-0.15, -0.1) is 7.92 Å². The van der Waals surface area contributed by atoms with E-state index in [9.17, 15) is 4.57 Å². The summed E-state index contributed by atoms with van der Waals surface area (Å²) in [5.74, 6) is 0. The van der Waals surface area contributed by atoms with Gasteiger partial charge in [-0.1, -0.05) is 13.3 Å². The van der Waals surface area contributed by atoms with Crippen molar-refractivity contribution < 1.29 is 4.57 Å². The third-order valence-electron chi connectivity index (χ3n) is 3.17. The lowest BCUT2D eigenvalue weighted by molar-refractivity contribution is 0.575. The van der Waals surface area contributed by atoms with E-state index in [1.807, 2.05) is 0 Å². The summed E-state index contributed by atoms with van der Waals surface area (Å²) in [7, 11) is -2.60. The van der Waals surface area contributed by atoms with Crippen LogP contribution in [-0.4, -0.2) is 37.0 Å². The van der Waals surface area contributed by atoms with Gasteiger partial charge in [0.2, 0.25) is 0 Å². The highest BCUT2D eigenvalue weighted by Gasteiger charge is 2.22. The van der Waals surface area contributed by atoms with Crippen LogP contribution in [0.5, 0.6) is 0 Å². The Morgan fingerprint density at radius 2 is 1.40 bits per heavy atom. The van der Waals surface area contributed by atoms with Crippen molar-refractivity contribution >= 4 is 15.1 Å². The fourth-order valence-electron chi connectivity index (χ4n) is 2.03. The third kappa shape index (κ3) is 9.10. The van der Waals surface area contributed by atoms with Crippen LogP contribution in [0.1, 0.15) is 32.6 Å². The minimum Gasteiger partial charge on any atom is -0.323 e. The standard InChI is InChI=1S/C14H23N3OP2/c1-2-9-19(10-3-6-15)11-14-20(18,12-4-7-16)13-5-8-17/h2-5,9-14H2,1H3. The van der Waals surface area contributed by atoms with Gasteiger partial charge in [-0.3, -0.25) is 0 Å². The molecule has 20 heavy (non-hydrogen) atoms. The molecule has 1 atom stereocenters. The van der Waals surface area contributed by atoms with E-state index in [2.05, 4.69) is 25.1 Å². The number of hydrogen-bond donors (Lipinski definition) is 0. The van der Waals surface area contributed by atoms with Crippen LogP contribution in [0.2, 0.25) is 0 Å². The molecule has 0 saturated carbocycles. The molecule has 0 aromatic rings. The summed E-state index contributed by atoms with van der Waals surface area (Å²) in [6.07, 6.45) is 6.79. The number of nitrogens with zero attached hydrogens (tertiary/aromatic N) is 3. The van der Waals surface area contributed by atoms with Crippen LogP contribution >= 0.6 is 15.1 Å². The molecular formula is C14H23N3OP2. The Kier molecular flexibility index (Phi) is 11.4. The predicted molar refractivity (Wildman–Crippen MR) is 84.7 cm³/mol. The van der Waals surface area contributed by atoms with Gasteiger partial charge in [0, 0.05) is 37.7 Å². The van der Waals surface area contributed by atoms with Crippen molar-refractivity contribution in [2.75, 3.05) is 37.0 Å². The van der Waals surface area contributed by atoms with Crippen molar-refractivity contribution in [3.63, 3.8) is 0 Å². The van der Waals surface area contributed by atoms with E-state index >= 15 is 0 Å². The molecule has 0 aliphatic carbocycles. The molecular weight excluding hydrogens is 288 g/mol. The van der Waals surface area contributed by atoms with Gasteiger partial charge in [0.25, 0.3) is 0 Å². The average molecular weight is 311 g/mol. The van der Waals surface area contributed by atoms with E-state index in [1.54, 1.807) is 0 Å². The maximum Gasteiger partial charge on any atom is 0.0901 e.